The fourth-order valence-corrected chi connectivity index (χ4v) is 2.17. The molecular formula is C12H15ClN2O2. The molecule has 2 aromatic rings. The largest absolute Gasteiger partial charge is 0.466 e. The quantitative estimate of drug-likeness (QED) is 0.916. The molecule has 0 aliphatic heterocycles. The Hall–Kier alpha value is -1.26. The molecule has 1 unspecified atom stereocenters. The van der Waals surface area contributed by atoms with Crippen LogP contribution in [0.3, 0.4) is 0 Å². The summed E-state index contributed by atoms with van der Waals surface area (Å²) in [6.07, 6.45) is 1.30. The molecule has 5 heteroatoms. The molecule has 1 atom stereocenters. The zero-order valence-corrected chi connectivity index (χ0v) is 10.8. The van der Waals surface area contributed by atoms with Crippen molar-refractivity contribution >= 4 is 11.6 Å². The zero-order chi connectivity index (χ0) is 12.6. The van der Waals surface area contributed by atoms with Crippen LogP contribution < -0.4 is 0 Å². The van der Waals surface area contributed by atoms with E-state index in [0.29, 0.717) is 17.3 Å². The number of aliphatic hydroxyl groups is 1. The Labute approximate surface area is 105 Å². The monoisotopic (exact) mass is 254 g/mol. The summed E-state index contributed by atoms with van der Waals surface area (Å²) in [5, 5.41) is 14.9. The van der Waals surface area contributed by atoms with Gasteiger partial charge in [0.25, 0.3) is 0 Å². The van der Waals surface area contributed by atoms with Gasteiger partial charge in [-0.1, -0.05) is 11.6 Å². The first-order valence-electron chi connectivity index (χ1n) is 5.40. The van der Waals surface area contributed by atoms with E-state index in [9.17, 15) is 5.11 Å². The van der Waals surface area contributed by atoms with Crippen LogP contribution in [0.15, 0.2) is 16.7 Å². The highest BCUT2D eigenvalue weighted by atomic mass is 35.5. The highest BCUT2D eigenvalue weighted by Gasteiger charge is 2.19. The predicted molar refractivity (Wildman–Crippen MR) is 65.1 cm³/mol. The summed E-state index contributed by atoms with van der Waals surface area (Å²) >= 11 is 6.12. The first-order valence-corrected chi connectivity index (χ1v) is 5.78. The number of furan rings is 1. The Morgan fingerprint density at radius 3 is 2.71 bits per heavy atom. The van der Waals surface area contributed by atoms with Gasteiger partial charge in [-0.25, -0.2) is 0 Å². The summed E-state index contributed by atoms with van der Waals surface area (Å²) in [7, 11) is 1.78. The van der Waals surface area contributed by atoms with Crippen molar-refractivity contribution in [1.29, 1.82) is 0 Å². The molecule has 1 N–H and O–H groups in total. The van der Waals surface area contributed by atoms with Crippen molar-refractivity contribution in [1.82, 2.24) is 9.78 Å². The third kappa shape index (κ3) is 2.23. The Morgan fingerprint density at radius 2 is 2.24 bits per heavy atom. The minimum absolute atomic E-state index is 0.410. The zero-order valence-electron chi connectivity index (χ0n) is 10.1. The van der Waals surface area contributed by atoms with Gasteiger partial charge >= 0.3 is 0 Å². The van der Waals surface area contributed by atoms with E-state index in [1.54, 1.807) is 18.0 Å². The van der Waals surface area contributed by atoms with Crippen molar-refractivity contribution < 1.29 is 9.52 Å². The van der Waals surface area contributed by atoms with Crippen molar-refractivity contribution in [3.63, 3.8) is 0 Å². The van der Waals surface area contributed by atoms with E-state index in [1.807, 2.05) is 19.9 Å². The van der Waals surface area contributed by atoms with E-state index >= 15 is 0 Å². The second-order valence-corrected chi connectivity index (χ2v) is 4.52. The van der Waals surface area contributed by atoms with Crippen molar-refractivity contribution in [2.45, 2.75) is 26.4 Å². The van der Waals surface area contributed by atoms with E-state index in [2.05, 4.69) is 5.10 Å². The second kappa shape index (κ2) is 4.55. The number of aromatic nitrogens is 2. The highest BCUT2D eigenvalue weighted by Crippen LogP contribution is 2.27. The Kier molecular flexibility index (Phi) is 3.26. The number of hydrogen-bond acceptors (Lipinski definition) is 3. The molecule has 2 heterocycles. The first-order chi connectivity index (χ1) is 8.00. The lowest BCUT2D eigenvalue weighted by atomic mass is 10.1. The van der Waals surface area contributed by atoms with Crippen LogP contribution in [0.2, 0.25) is 5.15 Å². The van der Waals surface area contributed by atoms with Gasteiger partial charge in [-0.2, -0.15) is 5.10 Å². The lowest BCUT2D eigenvalue weighted by Crippen LogP contribution is -2.03. The molecule has 2 rings (SSSR count). The molecule has 17 heavy (non-hydrogen) atoms. The van der Waals surface area contributed by atoms with Crippen molar-refractivity contribution in [3.05, 3.63) is 40.1 Å². The second-order valence-electron chi connectivity index (χ2n) is 4.17. The summed E-state index contributed by atoms with van der Waals surface area (Å²) in [4.78, 5) is 0. The van der Waals surface area contributed by atoms with Crippen LogP contribution in [0, 0.1) is 13.8 Å². The fraction of sp³-hybridized carbons (Fsp3) is 0.417. The maximum atomic E-state index is 10.1. The maximum absolute atomic E-state index is 10.1. The van der Waals surface area contributed by atoms with E-state index < -0.39 is 6.10 Å². The van der Waals surface area contributed by atoms with Gasteiger partial charge in [0.05, 0.1) is 12.0 Å². The van der Waals surface area contributed by atoms with Gasteiger partial charge in [0.1, 0.15) is 17.0 Å². The van der Waals surface area contributed by atoms with Crippen molar-refractivity contribution in [2.75, 3.05) is 0 Å². The van der Waals surface area contributed by atoms with Gasteiger partial charge in [-0.05, 0) is 25.5 Å². The summed E-state index contributed by atoms with van der Waals surface area (Å²) in [5.74, 6) is 0.587. The molecule has 2 aromatic heterocycles. The van der Waals surface area contributed by atoms with Crippen molar-refractivity contribution in [3.8, 4) is 0 Å². The Bertz CT molecular complexity index is 531. The van der Waals surface area contributed by atoms with Crippen LogP contribution in [0.25, 0.3) is 0 Å². The lowest BCUT2D eigenvalue weighted by Gasteiger charge is -2.08. The number of halogens is 1. The normalized spacial score (nSPS) is 13.0. The van der Waals surface area contributed by atoms with E-state index in [4.69, 9.17) is 16.0 Å². The van der Waals surface area contributed by atoms with Crippen molar-refractivity contribution in [2.24, 2.45) is 7.05 Å². The first kappa shape index (κ1) is 12.2. The number of hydrogen-bond donors (Lipinski definition) is 1. The number of aliphatic hydroxyl groups excluding tert-OH is 1. The van der Waals surface area contributed by atoms with E-state index in [0.717, 1.165) is 16.8 Å². The summed E-state index contributed by atoms with van der Waals surface area (Å²) in [6.45, 7) is 3.78. The minimum Gasteiger partial charge on any atom is -0.466 e. The molecule has 0 aliphatic rings. The Morgan fingerprint density at radius 1 is 1.53 bits per heavy atom. The van der Waals surface area contributed by atoms with Crippen LogP contribution in [0.5, 0.6) is 0 Å². The van der Waals surface area contributed by atoms with E-state index in [-0.39, 0.29) is 0 Å². The average molecular weight is 255 g/mol. The molecule has 0 aliphatic carbocycles. The van der Waals surface area contributed by atoms with Gasteiger partial charge in [-0.15, -0.1) is 0 Å². The molecule has 0 radical (unpaired) electrons. The molecule has 0 aromatic carbocycles. The van der Waals surface area contributed by atoms with E-state index in [1.165, 1.54) is 0 Å². The molecule has 0 saturated carbocycles. The fourth-order valence-electron chi connectivity index (χ4n) is 1.92. The topological polar surface area (TPSA) is 51.2 Å². The van der Waals surface area contributed by atoms with Gasteiger partial charge in [0.15, 0.2) is 0 Å². The molecule has 4 nitrogen and oxygen atoms in total. The predicted octanol–water partition coefficient (Wildman–Crippen LogP) is 2.56. The number of aryl methyl sites for hydroxylation is 3. The number of nitrogens with zero attached hydrogens (tertiary/aromatic N) is 2. The third-order valence-corrected chi connectivity index (χ3v) is 3.34. The smallest absolute Gasteiger partial charge is 0.135 e. The standard InChI is InChI=1S/C12H15ClN2O2/c1-7-4-5-17-11(7)10(16)6-9-8(2)14-15(3)12(9)13/h4-5,10,16H,6H2,1-3H3. The van der Waals surface area contributed by atoms with Crippen LogP contribution in [-0.4, -0.2) is 14.9 Å². The highest BCUT2D eigenvalue weighted by molar-refractivity contribution is 6.30. The third-order valence-electron chi connectivity index (χ3n) is 2.87. The molecule has 0 amide bonds. The summed E-state index contributed by atoms with van der Waals surface area (Å²) in [5.41, 5.74) is 2.63. The summed E-state index contributed by atoms with van der Waals surface area (Å²) < 4.78 is 6.87. The summed E-state index contributed by atoms with van der Waals surface area (Å²) in [6, 6.07) is 1.83. The molecule has 0 spiro atoms. The van der Waals surface area contributed by atoms with Gasteiger partial charge < -0.3 is 9.52 Å². The average Bonchev–Trinajstić information content (AvgIpc) is 2.78. The van der Waals surface area contributed by atoms with Gasteiger partial charge in [0, 0.05) is 19.0 Å². The number of rotatable bonds is 3. The Balaban J connectivity index is 2.24. The SMILES string of the molecule is Cc1ccoc1C(O)Cc1c(C)nn(C)c1Cl. The molecule has 0 saturated heterocycles. The maximum Gasteiger partial charge on any atom is 0.135 e. The van der Waals surface area contributed by atoms with Crippen LogP contribution in [-0.2, 0) is 13.5 Å². The van der Waals surface area contributed by atoms with Gasteiger partial charge in [0.2, 0.25) is 0 Å². The lowest BCUT2D eigenvalue weighted by molar-refractivity contribution is 0.149. The van der Waals surface area contributed by atoms with Crippen LogP contribution in [0.4, 0.5) is 0 Å². The van der Waals surface area contributed by atoms with Crippen LogP contribution >= 0.6 is 11.6 Å². The van der Waals surface area contributed by atoms with Crippen LogP contribution in [0.1, 0.15) is 28.7 Å². The molecule has 0 fully saturated rings. The molecular weight excluding hydrogens is 240 g/mol. The molecule has 0 bridgehead atoms. The molecule has 92 valence electrons. The van der Waals surface area contributed by atoms with Gasteiger partial charge in [-0.3, -0.25) is 4.68 Å². The minimum atomic E-state index is -0.689.